The number of rotatable bonds is 0. The summed E-state index contributed by atoms with van der Waals surface area (Å²) in [6.07, 6.45) is 2.86. The van der Waals surface area contributed by atoms with E-state index in [0.29, 0.717) is 25.7 Å². The van der Waals surface area contributed by atoms with Crippen molar-refractivity contribution >= 4 is 0 Å². The average molecular weight is 254 g/mol. The van der Waals surface area contributed by atoms with Gasteiger partial charge in [0, 0.05) is 0 Å². The molecular weight excluding hydrogens is 228 g/mol. The molecule has 3 nitrogen and oxygen atoms in total. The van der Waals surface area contributed by atoms with Crippen molar-refractivity contribution in [1.29, 1.82) is 0 Å². The van der Waals surface area contributed by atoms with Gasteiger partial charge in [0.25, 0.3) is 0 Å². The Morgan fingerprint density at radius 1 is 1.06 bits per heavy atom. The lowest BCUT2D eigenvalue weighted by Gasteiger charge is -2.58. The van der Waals surface area contributed by atoms with Crippen LogP contribution in [0.4, 0.5) is 0 Å². The highest BCUT2D eigenvalue weighted by Crippen LogP contribution is 2.64. The van der Waals surface area contributed by atoms with Gasteiger partial charge in [-0.15, -0.1) is 0 Å². The quantitative estimate of drug-likeness (QED) is 0.616. The third kappa shape index (κ3) is 1.53. The van der Waals surface area contributed by atoms with Gasteiger partial charge in [-0.05, 0) is 54.8 Å². The minimum atomic E-state index is -0.661. The molecule has 3 heteroatoms. The minimum Gasteiger partial charge on any atom is -0.393 e. The number of aliphatic hydroxyl groups is 3. The lowest BCUT2D eigenvalue weighted by atomic mass is 9.49. The molecule has 3 rings (SSSR count). The predicted octanol–water partition coefficient (Wildman–Crippen LogP) is 1.70. The van der Waals surface area contributed by atoms with Crippen molar-refractivity contribution in [3.8, 4) is 0 Å². The Hall–Kier alpha value is -0.120. The van der Waals surface area contributed by atoms with Crippen LogP contribution in [0.1, 0.15) is 52.9 Å². The Morgan fingerprint density at radius 3 is 2.33 bits per heavy atom. The molecule has 3 fully saturated rings. The van der Waals surface area contributed by atoms with Gasteiger partial charge in [0.1, 0.15) is 0 Å². The van der Waals surface area contributed by atoms with Crippen LogP contribution in [0.3, 0.4) is 0 Å². The first-order valence-electron chi connectivity index (χ1n) is 7.27. The van der Waals surface area contributed by atoms with E-state index in [1.165, 1.54) is 0 Å². The van der Waals surface area contributed by atoms with Crippen molar-refractivity contribution in [2.75, 3.05) is 0 Å². The Morgan fingerprint density at radius 2 is 1.72 bits per heavy atom. The number of aliphatic hydroxyl groups excluding tert-OH is 2. The van der Waals surface area contributed by atoms with E-state index in [4.69, 9.17) is 0 Å². The fourth-order valence-electron chi connectivity index (χ4n) is 5.30. The smallest absolute Gasteiger partial charge is 0.0687 e. The summed E-state index contributed by atoms with van der Waals surface area (Å²) in [5.41, 5.74) is -0.857. The van der Waals surface area contributed by atoms with Gasteiger partial charge < -0.3 is 15.3 Å². The topological polar surface area (TPSA) is 60.7 Å². The van der Waals surface area contributed by atoms with Crippen molar-refractivity contribution in [2.45, 2.75) is 70.7 Å². The molecule has 3 N–H and O–H groups in total. The molecule has 0 radical (unpaired) electrons. The second-order valence-electron chi connectivity index (χ2n) is 8.09. The van der Waals surface area contributed by atoms with Gasteiger partial charge in [-0.2, -0.15) is 0 Å². The van der Waals surface area contributed by atoms with E-state index < -0.39 is 5.60 Å². The maximum Gasteiger partial charge on any atom is 0.0687 e. The number of hydrogen-bond donors (Lipinski definition) is 3. The zero-order valence-corrected chi connectivity index (χ0v) is 11.7. The highest BCUT2D eigenvalue weighted by Gasteiger charge is 2.64. The molecule has 0 aromatic rings. The van der Waals surface area contributed by atoms with Crippen LogP contribution in [0.5, 0.6) is 0 Å². The van der Waals surface area contributed by atoms with Gasteiger partial charge in [-0.3, -0.25) is 0 Å². The van der Waals surface area contributed by atoms with Crippen LogP contribution in [-0.2, 0) is 0 Å². The fraction of sp³-hybridized carbons (Fsp3) is 1.00. The average Bonchev–Trinajstić information content (AvgIpc) is 2.25. The van der Waals surface area contributed by atoms with Crippen molar-refractivity contribution in [3.05, 3.63) is 0 Å². The van der Waals surface area contributed by atoms with Crippen LogP contribution in [0.2, 0.25) is 0 Å². The minimum absolute atomic E-state index is 0.124. The van der Waals surface area contributed by atoms with E-state index in [9.17, 15) is 15.3 Å². The zero-order chi connectivity index (χ0) is 13.3. The summed E-state index contributed by atoms with van der Waals surface area (Å²) in [6, 6.07) is 0. The van der Waals surface area contributed by atoms with Crippen molar-refractivity contribution < 1.29 is 15.3 Å². The van der Waals surface area contributed by atoms with Crippen LogP contribution in [0.25, 0.3) is 0 Å². The molecule has 18 heavy (non-hydrogen) atoms. The largest absolute Gasteiger partial charge is 0.393 e. The molecule has 3 saturated carbocycles. The van der Waals surface area contributed by atoms with Gasteiger partial charge >= 0.3 is 0 Å². The Labute approximate surface area is 109 Å². The Kier molecular flexibility index (Phi) is 2.51. The molecule has 0 aromatic heterocycles. The summed E-state index contributed by atoms with van der Waals surface area (Å²) in [5.74, 6) is 0.409. The lowest BCUT2D eigenvalue weighted by Crippen LogP contribution is -2.59. The van der Waals surface area contributed by atoms with E-state index in [-0.39, 0.29) is 34.9 Å². The summed E-state index contributed by atoms with van der Waals surface area (Å²) in [5, 5.41) is 31.8. The van der Waals surface area contributed by atoms with Crippen LogP contribution in [-0.4, -0.2) is 33.1 Å². The number of fused-ring (bicyclic) bond motifs is 4. The van der Waals surface area contributed by atoms with E-state index in [1.807, 2.05) is 6.92 Å². The molecule has 0 amide bonds. The zero-order valence-electron chi connectivity index (χ0n) is 11.7. The molecule has 0 aliphatic heterocycles. The van der Waals surface area contributed by atoms with Crippen molar-refractivity contribution in [3.63, 3.8) is 0 Å². The molecule has 3 aliphatic carbocycles. The Balaban J connectivity index is 1.99. The van der Waals surface area contributed by atoms with Crippen molar-refractivity contribution in [1.82, 2.24) is 0 Å². The van der Waals surface area contributed by atoms with Crippen LogP contribution in [0, 0.1) is 22.7 Å². The van der Waals surface area contributed by atoms with Crippen LogP contribution < -0.4 is 0 Å². The first kappa shape index (κ1) is 12.9. The van der Waals surface area contributed by atoms with Gasteiger partial charge in [0.05, 0.1) is 17.8 Å². The molecule has 104 valence electrons. The lowest BCUT2D eigenvalue weighted by molar-refractivity contribution is -0.188. The first-order chi connectivity index (χ1) is 8.18. The maximum absolute atomic E-state index is 11.0. The Bertz CT molecular complexity index is 367. The molecular formula is C15H26O3. The van der Waals surface area contributed by atoms with Crippen LogP contribution >= 0.6 is 0 Å². The van der Waals surface area contributed by atoms with Crippen LogP contribution in [0.15, 0.2) is 0 Å². The third-order valence-corrected chi connectivity index (χ3v) is 6.23. The van der Waals surface area contributed by atoms with E-state index in [0.717, 1.165) is 6.42 Å². The molecule has 0 unspecified atom stereocenters. The summed E-state index contributed by atoms with van der Waals surface area (Å²) < 4.78 is 0. The van der Waals surface area contributed by atoms with Gasteiger partial charge in [0.15, 0.2) is 0 Å². The van der Waals surface area contributed by atoms with Crippen molar-refractivity contribution in [2.24, 2.45) is 22.7 Å². The summed E-state index contributed by atoms with van der Waals surface area (Å²) >= 11 is 0. The SMILES string of the molecule is CC1(C)C[C@H]2[C@H]1[C@H](O)C[C@@]1(C)C[C@]2(O)CC[C@H]1O. The molecule has 0 aromatic carbocycles. The predicted molar refractivity (Wildman–Crippen MR) is 68.9 cm³/mol. The first-order valence-corrected chi connectivity index (χ1v) is 7.27. The summed E-state index contributed by atoms with van der Waals surface area (Å²) in [7, 11) is 0. The second-order valence-corrected chi connectivity index (χ2v) is 8.09. The van der Waals surface area contributed by atoms with E-state index >= 15 is 0 Å². The third-order valence-electron chi connectivity index (χ3n) is 6.23. The van der Waals surface area contributed by atoms with E-state index in [1.54, 1.807) is 0 Å². The fourth-order valence-corrected chi connectivity index (χ4v) is 5.30. The molecule has 0 heterocycles. The molecule has 0 spiro atoms. The summed E-state index contributed by atoms with van der Waals surface area (Å²) in [4.78, 5) is 0. The maximum atomic E-state index is 11.0. The van der Waals surface area contributed by atoms with Gasteiger partial charge in [0.2, 0.25) is 0 Å². The highest BCUT2D eigenvalue weighted by atomic mass is 16.3. The van der Waals surface area contributed by atoms with Gasteiger partial charge in [-0.25, -0.2) is 0 Å². The number of hydrogen-bond acceptors (Lipinski definition) is 3. The molecule has 6 atom stereocenters. The molecule has 2 bridgehead atoms. The highest BCUT2D eigenvalue weighted by molar-refractivity contribution is 5.14. The van der Waals surface area contributed by atoms with E-state index in [2.05, 4.69) is 13.8 Å². The summed E-state index contributed by atoms with van der Waals surface area (Å²) in [6.45, 7) is 6.41. The normalized spacial score (nSPS) is 58.3. The molecule has 3 aliphatic rings. The standard InChI is InChI=1S/C15H26O3/c1-13(2)6-9-12(13)10(16)7-14(3)8-15(9,18)5-4-11(14)17/h9-12,16-18H,4-8H2,1-3H3/t9-,10+,11+,12-,14-,15+/m0/s1. The monoisotopic (exact) mass is 254 g/mol. The van der Waals surface area contributed by atoms with Gasteiger partial charge in [-0.1, -0.05) is 20.8 Å². The second kappa shape index (κ2) is 3.50. The molecule has 0 saturated heterocycles.